The van der Waals surface area contributed by atoms with Crippen LogP contribution in [-0.4, -0.2) is 86.8 Å². The lowest BCUT2D eigenvalue weighted by atomic mass is 9.98. The van der Waals surface area contributed by atoms with Crippen LogP contribution in [0.3, 0.4) is 0 Å². The first-order valence-corrected chi connectivity index (χ1v) is 23.0. The highest BCUT2D eigenvalue weighted by Gasteiger charge is 2.17. The molecule has 0 spiro atoms. The molecule has 56 heavy (non-hydrogen) atoms. The normalized spacial score (nSPS) is 14.9. The largest absolute Gasteiger partial charge is 0.466 e. The second-order valence-electron chi connectivity index (χ2n) is 16.5. The molecule has 0 saturated carbocycles. The second kappa shape index (κ2) is 36.7. The van der Waals surface area contributed by atoms with Gasteiger partial charge in [-0.15, -0.1) is 0 Å². The van der Waals surface area contributed by atoms with Gasteiger partial charge in [0.2, 0.25) is 0 Å². The third-order valence-electron chi connectivity index (χ3n) is 11.1. The summed E-state index contributed by atoms with van der Waals surface area (Å²) in [6, 6.07) is 0. The van der Waals surface area contributed by atoms with E-state index in [1.165, 1.54) is 38.5 Å². The van der Waals surface area contributed by atoms with E-state index in [-0.39, 0.29) is 24.0 Å². The van der Waals surface area contributed by atoms with Crippen LogP contribution in [0.5, 0.6) is 0 Å². The average molecular weight is 785 g/mol. The van der Waals surface area contributed by atoms with Crippen molar-refractivity contribution in [3.05, 3.63) is 29.8 Å². The third-order valence-corrected chi connectivity index (χ3v) is 11.1. The molecule has 8 nitrogen and oxygen atoms in total. The lowest BCUT2D eigenvalue weighted by molar-refractivity contribution is -0.150. The molecule has 1 fully saturated rings. The van der Waals surface area contributed by atoms with E-state index < -0.39 is 0 Å². The number of hydrogen-bond donors (Lipinski definition) is 0. The molecule has 0 N–H and O–H groups in total. The lowest BCUT2D eigenvalue weighted by Gasteiger charge is -2.32. The highest BCUT2D eigenvalue weighted by atomic mass is 16.5. The fraction of sp³-hybridized carbons (Fsp3) is 0.833. The number of allylic oxidation sites excluding steroid dienone is 1. The Morgan fingerprint density at radius 3 is 1.73 bits per heavy atom. The summed E-state index contributed by atoms with van der Waals surface area (Å²) in [5.74, 6) is 0.701. The van der Waals surface area contributed by atoms with Crippen molar-refractivity contribution >= 4 is 17.9 Å². The number of hydrogen-bond acceptors (Lipinski definition) is 8. The number of rotatable bonds is 36. The Bertz CT molecular complexity index is 1110. The van der Waals surface area contributed by atoms with Crippen LogP contribution in [0.1, 0.15) is 188 Å². The molecule has 0 amide bonds. The molecule has 322 valence electrons. The maximum Gasteiger partial charge on any atom is 0.306 e. The number of likely N-dealkylation sites (N-methyl/N-ethyl adjacent to an activating group) is 1. The van der Waals surface area contributed by atoms with Crippen molar-refractivity contribution in [2.45, 2.75) is 194 Å². The van der Waals surface area contributed by atoms with Crippen molar-refractivity contribution in [3.63, 3.8) is 0 Å². The van der Waals surface area contributed by atoms with Crippen LogP contribution in [0.15, 0.2) is 29.8 Å². The van der Waals surface area contributed by atoms with Crippen LogP contribution in [0.2, 0.25) is 0 Å². The van der Waals surface area contributed by atoms with E-state index in [2.05, 4.69) is 61.4 Å². The van der Waals surface area contributed by atoms with Gasteiger partial charge in [0.05, 0.1) is 13.2 Å². The van der Waals surface area contributed by atoms with E-state index in [4.69, 9.17) is 14.2 Å². The van der Waals surface area contributed by atoms with E-state index in [1.54, 1.807) is 0 Å². The smallest absolute Gasteiger partial charge is 0.306 e. The Morgan fingerprint density at radius 2 is 1.14 bits per heavy atom. The maximum absolute atomic E-state index is 12.9. The zero-order valence-corrected chi connectivity index (χ0v) is 36.7. The molecule has 1 heterocycles. The summed E-state index contributed by atoms with van der Waals surface area (Å²) >= 11 is 0. The standard InChI is InChI=1S/C48H84N2O6/c1-6-9-18-26-43(4)34-41-54-46(51)31-23-16-12-14-21-29-45(56-48(53)33-25-36-50-39-37-49(5)38-40-50)30-22-15-13-17-24-32-47(52)55-42-35-44(27-19-10-7-2)28-20-11-8-3/h27,43-45H,2,6,8-9,11-18,20-26,28-42H2,1,3-5H3. The van der Waals surface area contributed by atoms with Gasteiger partial charge < -0.3 is 24.0 Å². The summed E-state index contributed by atoms with van der Waals surface area (Å²) < 4.78 is 17.1. The second-order valence-corrected chi connectivity index (χ2v) is 16.5. The summed E-state index contributed by atoms with van der Waals surface area (Å²) in [4.78, 5) is 42.2. The fourth-order valence-electron chi connectivity index (χ4n) is 7.28. The van der Waals surface area contributed by atoms with Crippen LogP contribution in [-0.2, 0) is 28.6 Å². The number of esters is 3. The van der Waals surface area contributed by atoms with Gasteiger partial charge >= 0.3 is 17.9 Å². The molecule has 1 aliphatic heterocycles. The molecular weight excluding hydrogens is 701 g/mol. The SMILES string of the molecule is C=C=C=C=CC(CCCCC)CCOC(=O)CCCCCCCC(CCCCCCCC(=O)OCCC(C)CCCCC)OC(=O)CCCN1CCN(C)CC1. The Labute approximate surface area is 343 Å². The van der Waals surface area contributed by atoms with E-state index in [1.807, 2.05) is 6.08 Å². The molecule has 1 rings (SSSR count). The Hall–Kier alpha value is -2.59. The van der Waals surface area contributed by atoms with Crippen LogP contribution in [0.25, 0.3) is 0 Å². The van der Waals surface area contributed by atoms with Gasteiger partial charge in [0, 0.05) is 45.4 Å². The third kappa shape index (κ3) is 31.5. The Kier molecular flexibility index (Phi) is 33.7. The van der Waals surface area contributed by atoms with Gasteiger partial charge in [-0.1, -0.05) is 116 Å². The first-order valence-electron chi connectivity index (χ1n) is 23.0. The van der Waals surface area contributed by atoms with Gasteiger partial charge in [0.25, 0.3) is 0 Å². The van der Waals surface area contributed by atoms with E-state index in [0.29, 0.717) is 44.3 Å². The fourth-order valence-corrected chi connectivity index (χ4v) is 7.28. The molecule has 3 unspecified atom stereocenters. The first kappa shape index (κ1) is 51.4. The minimum absolute atomic E-state index is 0.0376. The minimum atomic E-state index is -0.111. The highest BCUT2D eigenvalue weighted by molar-refractivity contribution is 5.70. The maximum atomic E-state index is 12.9. The van der Waals surface area contributed by atoms with Crippen molar-refractivity contribution in [1.82, 2.24) is 9.80 Å². The molecule has 3 atom stereocenters. The first-order chi connectivity index (χ1) is 27.3. The molecule has 1 aliphatic rings. The number of piperazine rings is 1. The molecule has 0 aromatic carbocycles. The Balaban J connectivity index is 2.33. The van der Waals surface area contributed by atoms with Crippen LogP contribution < -0.4 is 0 Å². The van der Waals surface area contributed by atoms with Crippen molar-refractivity contribution in [1.29, 1.82) is 0 Å². The topological polar surface area (TPSA) is 85.4 Å². The van der Waals surface area contributed by atoms with Crippen molar-refractivity contribution < 1.29 is 28.6 Å². The van der Waals surface area contributed by atoms with Crippen LogP contribution in [0, 0.1) is 11.8 Å². The molecule has 0 aromatic rings. The Morgan fingerprint density at radius 1 is 0.625 bits per heavy atom. The van der Waals surface area contributed by atoms with Gasteiger partial charge in [0.15, 0.2) is 0 Å². The number of unbranched alkanes of at least 4 members (excludes halogenated alkanes) is 12. The number of nitrogens with zero attached hydrogens (tertiary/aromatic N) is 2. The van der Waals surface area contributed by atoms with Crippen LogP contribution in [0.4, 0.5) is 0 Å². The summed E-state index contributed by atoms with van der Waals surface area (Å²) in [6.45, 7) is 16.5. The van der Waals surface area contributed by atoms with Crippen LogP contribution >= 0.6 is 0 Å². The molecule has 8 heteroatoms. The molecule has 0 aliphatic carbocycles. The van der Waals surface area contributed by atoms with Gasteiger partial charge in [-0.05, 0) is 108 Å². The minimum Gasteiger partial charge on any atom is -0.466 e. The van der Waals surface area contributed by atoms with E-state index in [0.717, 1.165) is 142 Å². The number of carbonyl (C=O) groups excluding carboxylic acids is 3. The molecule has 0 bridgehead atoms. The van der Waals surface area contributed by atoms with Crippen molar-refractivity contribution in [2.75, 3.05) is 53.0 Å². The summed E-state index contributed by atoms with van der Waals surface area (Å²) in [5, 5.41) is 0. The molecular formula is C48H84N2O6. The van der Waals surface area contributed by atoms with Gasteiger partial charge in [-0.3, -0.25) is 14.4 Å². The monoisotopic (exact) mass is 785 g/mol. The summed E-state index contributed by atoms with van der Waals surface area (Å²) in [6.07, 6.45) is 27.5. The lowest BCUT2D eigenvalue weighted by Crippen LogP contribution is -2.44. The highest BCUT2D eigenvalue weighted by Crippen LogP contribution is 2.19. The van der Waals surface area contributed by atoms with Crippen molar-refractivity contribution in [2.24, 2.45) is 11.8 Å². The van der Waals surface area contributed by atoms with Crippen molar-refractivity contribution in [3.8, 4) is 0 Å². The summed E-state index contributed by atoms with van der Waals surface area (Å²) in [5.41, 5.74) is 8.37. The summed E-state index contributed by atoms with van der Waals surface area (Å²) in [7, 11) is 2.16. The van der Waals surface area contributed by atoms with Gasteiger partial charge in [-0.2, -0.15) is 0 Å². The number of carbonyl (C=O) groups is 3. The van der Waals surface area contributed by atoms with E-state index >= 15 is 0 Å². The molecule has 0 radical (unpaired) electrons. The molecule has 1 saturated heterocycles. The predicted molar refractivity (Wildman–Crippen MR) is 231 cm³/mol. The van der Waals surface area contributed by atoms with Gasteiger partial charge in [-0.25, -0.2) is 0 Å². The predicted octanol–water partition coefficient (Wildman–Crippen LogP) is 11.3. The average Bonchev–Trinajstić information content (AvgIpc) is 3.17. The number of ether oxygens (including phenoxy) is 3. The molecule has 0 aromatic heterocycles. The van der Waals surface area contributed by atoms with Gasteiger partial charge in [0.1, 0.15) is 6.10 Å². The zero-order valence-electron chi connectivity index (χ0n) is 36.7. The van der Waals surface area contributed by atoms with E-state index in [9.17, 15) is 14.4 Å². The zero-order chi connectivity index (χ0) is 40.9. The quantitative estimate of drug-likeness (QED) is 0.0269.